The van der Waals surface area contributed by atoms with Crippen LogP contribution >= 0.6 is 11.8 Å². The Balaban J connectivity index is 1.53. The molecule has 0 spiro atoms. The lowest BCUT2D eigenvalue weighted by Crippen LogP contribution is -2.66. The van der Waals surface area contributed by atoms with Gasteiger partial charge in [0, 0.05) is 24.8 Å². The molecule has 73 heavy (non-hydrogen) atoms. The van der Waals surface area contributed by atoms with Crippen molar-refractivity contribution in [3.63, 3.8) is 0 Å². The number of benzene rings is 2. The first-order valence-corrected chi connectivity index (χ1v) is 34.0. The molecule has 0 radical (unpaired) electrons. The molecule has 1 fully saturated rings. The van der Waals surface area contributed by atoms with E-state index in [9.17, 15) is 9.59 Å². The molecule has 8 heteroatoms. The molecule has 1 aliphatic carbocycles. The first kappa shape index (κ1) is 65.2. The van der Waals surface area contributed by atoms with Crippen molar-refractivity contribution in [3.8, 4) is 0 Å². The summed E-state index contributed by atoms with van der Waals surface area (Å²) in [6.45, 7) is 16.3. The number of carbonyl (C=O) groups is 2. The minimum Gasteiger partial charge on any atom is -0.465 e. The van der Waals surface area contributed by atoms with Crippen LogP contribution in [-0.2, 0) is 23.5 Å². The maximum absolute atomic E-state index is 13.4. The Hall–Kier alpha value is -2.13. The molecule has 2 aromatic rings. The summed E-state index contributed by atoms with van der Waals surface area (Å²) in [4.78, 5) is 29.0. The normalized spacial score (nSPS) is 14.8. The van der Waals surface area contributed by atoms with E-state index in [0.717, 1.165) is 108 Å². The Kier molecular flexibility index (Phi) is 36.6. The number of thioether (sulfide) groups is 1. The van der Waals surface area contributed by atoms with E-state index < -0.39 is 8.32 Å². The maximum atomic E-state index is 13.4. The summed E-state index contributed by atoms with van der Waals surface area (Å²) in [6.07, 6.45) is 40.0. The summed E-state index contributed by atoms with van der Waals surface area (Å²) in [5.41, 5.74) is 0. The van der Waals surface area contributed by atoms with E-state index in [1.165, 1.54) is 145 Å². The van der Waals surface area contributed by atoms with Gasteiger partial charge in [0.05, 0.1) is 12.5 Å². The minimum absolute atomic E-state index is 0.0193. The van der Waals surface area contributed by atoms with Crippen LogP contribution in [0.25, 0.3) is 0 Å². The van der Waals surface area contributed by atoms with Crippen molar-refractivity contribution in [1.82, 2.24) is 4.90 Å². The second kappa shape index (κ2) is 41.0. The Morgan fingerprint density at radius 1 is 0.616 bits per heavy atom. The zero-order chi connectivity index (χ0) is 52.7. The quantitative estimate of drug-likeness (QED) is 0.0372. The second-order valence-electron chi connectivity index (χ2n) is 23.4. The smallest absolute Gasteiger partial charge is 0.308 e. The molecule has 2 aromatic carbocycles. The van der Waals surface area contributed by atoms with Gasteiger partial charge in [-0.3, -0.25) is 9.59 Å². The number of hydrogen-bond acceptors (Lipinski definition) is 7. The van der Waals surface area contributed by atoms with E-state index >= 15 is 0 Å². The standard InChI is InChI=1S/C65H113NO5SSi/c1-8-11-14-17-18-27-42-58(41-26-15-12-9-2)64(68)69-53-36-22-28-43-59(44-29-23-38-55-72-56-60(45-30-16-13-10-3)71-63(67)51-50-57-39-24-19-25-40-57)66(7)52-35-37-54-70-73(65(4,5)6,61-46-31-20-32-47-61)62-48-33-21-34-49-62/h20-21,31-34,46-49,57-60H,8-19,22-30,35-45,50-56H2,1-7H3. The van der Waals surface area contributed by atoms with Gasteiger partial charge in [0.2, 0.25) is 0 Å². The third-order valence-electron chi connectivity index (χ3n) is 16.1. The molecule has 0 aromatic heterocycles. The van der Waals surface area contributed by atoms with E-state index in [1.807, 2.05) is 11.8 Å². The molecule has 0 N–H and O–H groups in total. The minimum atomic E-state index is -2.55. The van der Waals surface area contributed by atoms with E-state index in [1.54, 1.807) is 0 Å². The molecular formula is C65H113NO5SSi. The molecule has 0 amide bonds. The zero-order valence-electron chi connectivity index (χ0n) is 48.6. The predicted octanol–water partition coefficient (Wildman–Crippen LogP) is 17.6. The highest BCUT2D eigenvalue weighted by Crippen LogP contribution is 2.37. The molecular weight excluding hydrogens is 935 g/mol. The molecule has 6 nitrogen and oxygen atoms in total. The molecule has 1 saturated carbocycles. The summed E-state index contributed by atoms with van der Waals surface area (Å²) in [7, 11) is -0.192. The number of unbranched alkanes of at least 4 members (excludes halogenated alkanes) is 16. The third kappa shape index (κ3) is 27.7. The van der Waals surface area contributed by atoms with Crippen molar-refractivity contribution >= 4 is 42.4 Å². The largest absolute Gasteiger partial charge is 0.465 e. The Bertz CT molecular complexity index is 1580. The number of esters is 2. The van der Waals surface area contributed by atoms with Gasteiger partial charge in [0.1, 0.15) is 6.10 Å². The molecule has 3 atom stereocenters. The summed E-state index contributed by atoms with van der Waals surface area (Å²) in [5, 5.41) is 2.68. The summed E-state index contributed by atoms with van der Waals surface area (Å²) in [5.74, 6) is 2.96. The third-order valence-corrected chi connectivity index (χ3v) is 22.4. The topological polar surface area (TPSA) is 65.1 Å². The molecule has 1 aliphatic rings. The molecule has 0 saturated heterocycles. The molecule has 418 valence electrons. The molecule has 3 rings (SSSR count). The lowest BCUT2D eigenvalue weighted by Gasteiger charge is -2.43. The van der Waals surface area contributed by atoms with Crippen LogP contribution < -0.4 is 10.4 Å². The summed E-state index contributed by atoms with van der Waals surface area (Å²) >= 11 is 2.00. The fourth-order valence-electron chi connectivity index (χ4n) is 11.5. The Labute approximate surface area is 456 Å². The Morgan fingerprint density at radius 2 is 1.12 bits per heavy atom. The summed E-state index contributed by atoms with van der Waals surface area (Å²) in [6, 6.07) is 22.6. The Morgan fingerprint density at radius 3 is 1.71 bits per heavy atom. The van der Waals surface area contributed by atoms with Gasteiger partial charge in [0.15, 0.2) is 0 Å². The van der Waals surface area contributed by atoms with Crippen LogP contribution in [0.15, 0.2) is 60.7 Å². The maximum Gasteiger partial charge on any atom is 0.308 e. The highest BCUT2D eigenvalue weighted by Gasteiger charge is 2.50. The van der Waals surface area contributed by atoms with Crippen molar-refractivity contribution in [2.45, 2.75) is 277 Å². The average molecular weight is 1050 g/mol. The van der Waals surface area contributed by atoms with Crippen molar-refractivity contribution in [1.29, 1.82) is 0 Å². The van der Waals surface area contributed by atoms with E-state index in [-0.39, 0.29) is 29.0 Å². The highest BCUT2D eigenvalue weighted by molar-refractivity contribution is 7.99. The van der Waals surface area contributed by atoms with E-state index in [4.69, 9.17) is 13.9 Å². The fourth-order valence-corrected chi connectivity index (χ4v) is 17.2. The van der Waals surface area contributed by atoms with Crippen molar-refractivity contribution in [2.75, 3.05) is 38.3 Å². The van der Waals surface area contributed by atoms with Crippen LogP contribution in [-0.4, -0.2) is 75.6 Å². The lowest BCUT2D eigenvalue weighted by molar-refractivity contribution is -0.150. The molecule has 3 unspecified atom stereocenters. The average Bonchev–Trinajstić information content (AvgIpc) is 3.39. The van der Waals surface area contributed by atoms with E-state index in [0.29, 0.717) is 19.1 Å². The summed E-state index contributed by atoms with van der Waals surface area (Å²) < 4.78 is 19.4. The number of nitrogens with zero attached hydrogens (tertiary/aromatic N) is 1. The van der Waals surface area contributed by atoms with Crippen LogP contribution in [0.4, 0.5) is 0 Å². The second-order valence-corrected chi connectivity index (χ2v) is 28.9. The van der Waals surface area contributed by atoms with Gasteiger partial charge in [-0.15, -0.1) is 0 Å². The number of carbonyl (C=O) groups excluding carboxylic acids is 2. The van der Waals surface area contributed by atoms with Gasteiger partial charge in [-0.05, 0) is 111 Å². The fraction of sp³-hybridized carbons (Fsp3) is 0.785. The van der Waals surface area contributed by atoms with Gasteiger partial charge in [0.25, 0.3) is 8.32 Å². The van der Waals surface area contributed by atoms with Gasteiger partial charge in [-0.2, -0.15) is 11.8 Å². The van der Waals surface area contributed by atoms with Crippen LogP contribution in [0, 0.1) is 11.8 Å². The van der Waals surface area contributed by atoms with E-state index in [2.05, 4.69) is 114 Å². The van der Waals surface area contributed by atoms with Crippen LogP contribution in [0.2, 0.25) is 5.04 Å². The first-order valence-electron chi connectivity index (χ1n) is 30.9. The molecule has 0 bridgehead atoms. The van der Waals surface area contributed by atoms with Crippen LogP contribution in [0.1, 0.15) is 260 Å². The molecule has 0 heterocycles. The number of hydrogen-bond donors (Lipinski definition) is 0. The predicted molar refractivity (Wildman–Crippen MR) is 319 cm³/mol. The van der Waals surface area contributed by atoms with Crippen LogP contribution in [0.3, 0.4) is 0 Å². The van der Waals surface area contributed by atoms with Crippen LogP contribution in [0.5, 0.6) is 0 Å². The van der Waals surface area contributed by atoms with Crippen molar-refractivity contribution < 1.29 is 23.5 Å². The highest BCUT2D eigenvalue weighted by atomic mass is 32.2. The lowest BCUT2D eigenvalue weighted by atomic mass is 9.86. The SMILES string of the molecule is CCCCCCCCC(CCCCCC)C(=O)OCCCCCC(CCCCCSCC(CCCCCC)OC(=O)CCC1CCCCC1)N(C)CCCCO[Si](c1ccccc1)(c1ccccc1)C(C)(C)C. The number of ether oxygens (including phenoxy) is 2. The first-order chi connectivity index (χ1) is 35.5. The monoisotopic (exact) mass is 1050 g/mol. The number of rotatable bonds is 45. The zero-order valence-corrected chi connectivity index (χ0v) is 50.4. The van der Waals surface area contributed by atoms with Gasteiger partial charge >= 0.3 is 11.9 Å². The van der Waals surface area contributed by atoms with Gasteiger partial charge in [-0.25, -0.2) is 0 Å². The molecule has 0 aliphatic heterocycles. The van der Waals surface area contributed by atoms with Crippen molar-refractivity contribution in [3.05, 3.63) is 60.7 Å². The van der Waals surface area contributed by atoms with Crippen molar-refractivity contribution in [2.24, 2.45) is 11.8 Å². The van der Waals surface area contributed by atoms with Gasteiger partial charge in [-0.1, -0.05) is 243 Å². The van der Waals surface area contributed by atoms with Gasteiger partial charge < -0.3 is 18.8 Å².